The third kappa shape index (κ3) is 47.2. The topological polar surface area (TPSA) is 564 Å². The Hall–Kier alpha value is -5.11. The lowest BCUT2D eigenvalue weighted by atomic mass is 9.92. The standard InChI is InChI=1S/C76H135N6O32P.2CH4/c1-51-67(96)68(97)58(45-83)112-73(51)108-38-18-13-27-54(88)23-9-7-11-25-56(90)32-42-105-48-76(82-64(95)31-21-30-62(93)77-35-16-5-6-17-41-111-115(102,103)104-4,49-106-43-33-57(91)26-12-8-10-24-55(89)28-14-19-39-109-74-65(80-52(2)86)71(100)69(98)59(46-84)113-74)50-107-44-34-63(94)79-37-22-36-78-61(92)29-15-20-40-110-75-66(81-53(3)87)72(101)70(99)60(47-85)114-75;;/h51,58-60,65-75,83-85,96-101H,5-50H2,1-4H3,(H,77,93)(H,78,92)(H,79,94)(H,80,86)(H,81,87)(H,82,95)(H,102,103);2*1H4/t51?,58?,59?,60?,65?,66?,67-,68+,69+,70+,71-,72-,73-,74-,75-,76?;;/m1../s1. The van der Waals surface area contributed by atoms with E-state index in [1.165, 1.54) is 13.8 Å². The van der Waals surface area contributed by atoms with E-state index in [9.17, 15) is 103 Å². The summed E-state index contributed by atoms with van der Waals surface area (Å²) in [7, 11) is -3.00. The zero-order valence-corrected chi connectivity index (χ0v) is 68.5. The van der Waals surface area contributed by atoms with Crippen molar-refractivity contribution in [2.75, 3.05) is 113 Å². The van der Waals surface area contributed by atoms with Crippen molar-refractivity contribution in [1.82, 2.24) is 31.9 Å². The fourth-order valence-electron chi connectivity index (χ4n) is 12.8. The number of amides is 6. The minimum absolute atomic E-state index is 0. The van der Waals surface area contributed by atoms with Gasteiger partial charge in [-0.2, -0.15) is 0 Å². The summed E-state index contributed by atoms with van der Waals surface area (Å²) in [6.07, 6.45) is -3.91. The van der Waals surface area contributed by atoms with Gasteiger partial charge >= 0.3 is 7.82 Å². The normalized spacial score (nSPS) is 24.1. The third-order valence-corrected chi connectivity index (χ3v) is 20.6. The number of aliphatic hydroxyl groups excluding tert-OH is 9. The number of rotatable bonds is 68. The Kier molecular flexibility index (Phi) is 59.9. The Bertz CT molecular complexity index is 2750. The molecule has 117 heavy (non-hydrogen) atoms. The summed E-state index contributed by atoms with van der Waals surface area (Å²) in [5.74, 6) is -3.11. The molecule has 38 nitrogen and oxygen atoms in total. The SMILES string of the molecule is C.C.COP(=O)(O)OCCCCCCNC(=O)CCCC(=O)NC(COCCC(=O)CCCCCC(=O)CCCCO[C@@H]1OC(CO)[C@H](O)[C@H](O)C1C)(COCCC(=O)CCCCCC(=O)CCCCO[C@@H]1OC(CO)[C@H](O)[C@H](O)C1NC(C)=O)COCCC(=O)NCCCNC(=O)CCCCO[C@@H]1OC(CO)[C@H](O)[C@H](O)C1NC(C)=O. The number of phosphoric acid groups is 1. The molecule has 39 heteroatoms. The lowest BCUT2D eigenvalue weighted by Crippen LogP contribution is -2.64. The first kappa shape index (κ1) is 110. The highest BCUT2D eigenvalue weighted by atomic mass is 31.2. The van der Waals surface area contributed by atoms with E-state index >= 15 is 0 Å². The van der Waals surface area contributed by atoms with Crippen LogP contribution in [-0.2, 0) is 104 Å². The molecular formula is C78H143N6O32P. The molecule has 6 amide bonds. The summed E-state index contributed by atoms with van der Waals surface area (Å²) >= 11 is 0. The highest BCUT2D eigenvalue weighted by Gasteiger charge is 2.47. The van der Waals surface area contributed by atoms with Gasteiger partial charge in [0.1, 0.15) is 89.6 Å². The maximum Gasteiger partial charge on any atom is 0.471 e. The van der Waals surface area contributed by atoms with Crippen molar-refractivity contribution >= 4 is 66.4 Å². The minimum atomic E-state index is -4.07. The van der Waals surface area contributed by atoms with Crippen molar-refractivity contribution in [3.05, 3.63) is 0 Å². The van der Waals surface area contributed by atoms with Gasteiger partial charge in [-0.05, 0) is 89.9 Å². The minimum Gasteiger partial charge on any atom is -0.394 e. The lowest BCUT2D eigenvalue weighted by molar-refractivity contribution is -0.282. The molecule has 3 heterocycles. The number of phosphoric ester groups is 1. The molecule has 0 aromatic rings. The fraction of sp³-hybridized carbons (Fsp3) is 0.872. The van der Waals surface area contributed by atoms with Gasteiger partial charge in [-0.1, -0.05) is 47.5 Å². The summed E-state index contributed by atoms with van der Waals surface area (Å²) in [6.45, 7) is 2.61. The van der Waals surface area contributed by atoms with E-state index in [1.807, 2.05) is 0 Å². The van der Waals surface area contributed by atoms with Crippen LogP contribution in [0.4, 0.5) is 0 Å². The number of aliphatic hydroxyl groups is 9. The Morgan fingerprint density at radius 3 is 1.12 bits per heavy atom. The maximum absolute atomic E-state index is 13.9. The van der Waals surface area contributed by atoms with Crippen molar-refractivity contribution in [2.45, 2.75) is 320 Å². The lowest BCUT2D eigenvalue weighted by Gasteiger charge is -2.42. The van der Waals surface area contributed by atoms with Gasteiger partial charge in [-0.25, -0.2) is 4.57 Å². The smallest absolute Gasteiger partial charge is 0.394 e. The molecule has 3 aliphatic heterocycles. The average Bonchev–Trinajstić information content (AvgIpc) is 0.819. The fourth-order valence-corrected chi connectivity index (χ4v) is 13.3. The van der Waals surface area contributed by atoms with E-state index in [1.54, 1.807) is 6.92 Å². The molecule has 0 aromatic carbocycles. The number of Topliss-reactive ketones (excluding diaryl/α,β-unsaturated/α-hetero) is 4. The summed E-state index contributed by atoms with van der Waals surface area (Å²) in [5, 5.41) is 107. The number of unbranched alkanes of at least 4 members (excludes halogenated alkanes) is 10. The van der Waals surface area contributed by atoms with Crippen LogP contribution in [0, 0.1) is 5.92 Å². The Morgan fingerprint density at radius 2 is 0.701 bits per heavy atom. The predicted molar refractivity (Wildman–Crippen MR) is 423 cm³/mol. The van der Waals surface area contributed by atoms with Crippen molar-refractivity contribution in [1.29, 1.82) is 0 Å². The molecule has 682 valence electrons. The number of ether oxygens (including phenoxy) is 9. The number of ketones is 4. The van der Waals surface area contributed by atoms with E-state index in [4.69, 9.17) is 47.2 Å². The highest BCUT2D eigenvalue weighted by Crippen LogP contribution is 2.42. The molecule has 0 saturated carbocycles. The molecule has 3 rings (SSSR count). The second-order valence-electron chi connectivity index (χ2n) is 29.6. The molecule has 8 unspecified atom stereocenters. The van der Waals surface area contributed by atoms with E-state index < -0.39 is 143 Å². The predicted octanol–water partition coefficient (Wildman–Crippen LogP) is 1.27. The summed E-state index contributed by atoms with van der Waals surface area (Å²) in [4.78, 5) is 137. The molecule has 0 aliphatic carbocycles. The summed E-state index contributed by atoms with van der Waals surface area (Å²) in [5.41, 5.74) is -1.47. The van der Waals surface area contributed by atoms with Crippen molar-refractivity contribution in [3.8, 4) is 0 Å². The molecular weight excluding hydrogens is 1560 g/mol. The van der Waals surface area contributed by atoms with Crippen LogP contribution >= 0.6 is 7.82 Å². The highest BCUT2D eigenvalue weighted by molar-refractivity contribution is 7.47. The summed E-state index contributed by atoms with van der Waals surface area (Å²) < 4.78 is 73.0. The number of nitrogens with one attached hydrogen (secondary N) is 6. The second-order valence-corrected chi connectivity index (χ2v) is 31.1. The van der Waals surface area contributed by atoms with Crippen molar-refractivity contribution in [2.24, 2.45) is 5.92 Å². The van der Waals surface area contributed by atoms with Gasteiger partial charge in [-0.15, -0.1) is 0 Å². The van der Waals surface area contributed by atoms with Crippen LogP contribution in [0.1, 0.15) is 228 Å². The molecule has 3 aliphatic rings. The van der Waals surface area contributed by atoms with E-state index in [0.717, 1.165) is 7.11 Å². The van der Waals surface area contributed by atoms with Gasteiger partial charge < -0.3 is 125 Å². The van der Waals surface area contributed by atoms with Gasteiger partial charge in [0, 0.05) is 143 Å². The van der Waals surface area contributed by atoms with Crippen LogP contribution in [-0.4, -0.2) is 313 Å². The van der Waals surface area contributed by atoms with Gasteiger partial charge in [0.15, 0.2) is 18.9 Å². The van der Waals surface area contributed by atoms with Gasteiger partial charge in [0.05, 0.1) is 72.2 Å². The first-order chi connectivity index (χ1) is 55.0. The molecule has 0 radical (unpaired) electrons. The van der Waals surface area contributed by atoms with E-state index in [-0.39, 0.29) is 205 Å². The Labute approximate surface area is 688 Å². The Morgan fingerprint density at radius 1 is 0.376 bits per heavy atom. The van der Waals surface area contributed by atoms with Gasteiger partial charge in [0.2, 0.25) is 35.4 Å². The molecule has 17 atom stereocenters. The zero-order valence-electron chi connectivity index (χ0n) is 67.6. The number of carbonyl (C=O) groups excluding carboxylic acids is 10. The summed E-state index contributed by atoms with van der Waals surface area (Å²) in [6, 6.07) is -2.18. The zero-order chi connectivity index (χ0) is 85.0. The average molecular weight is 1710 g/mol. The van der Waals surface area contributed by atoms with Crippen LogP contribution in [0.15, 0.2) is 0 Å². The third-order valence-electron chi connectivity index (χ3n) is 19.6. The van der Waals surface area contributed by atoms with E-state index in [2.05, 4.69) is 36.4 Å². The van der Waals surface area contributed by atoms with Crippen molar-refractivity contribution < 1.29 is 155 Å². The molecule has 16 N–H and O–H groups in total. The molecule has 3 saturated heterocycles. The molecule has 3 fully saturated rings. The van der Waals surface area contributed by atoms with Crippen LogP contribution in [0.2, 0.25) is 0 Å². The Balaban J connectivity index is 0.0000342. The maximum atomic E-state index is 13.9. The first-order valence-corrected chi connectivity index (χ1v) is 42.2. The van der Waals surface area contributed by atoms with Crippen LogP contribution in [0.5, 0.6) is 0 Å². The number of hydrogen-bond donors (Lipinski definition) is 16. The number of carbonyl (C=O) groups is 10. The van der Waals surface area contributed by atoms with Crippen molar-refractivity contribution in [3.63, 3.8) is 0 Å². The molecule has 0 spiro atoms. The molecule has 0 aromatic heterocycles. The first-order valence-electron chi connectivity index (χ1n) is 40.7. The van der Waals surface area contributed by atoms with Crippen LogP contribution in [0.25, 0.3) is 0 Å². The van der Waals surface area contributed by atoms with E-state index in [0.29, 0.717) is 129 Å². The van der Waals surface area contributed by atoms with Crippen LogP contribution in [0.3, 0.4) is 0 Å². The van der Waals surface area contributed by atoms with Gasteiger partial charge in [0.25, 0.3) is 0 Å². The molecule has 0 bridgehead atoms. The number of hydrogen-bond acceptors (Lipinski definition) is 31. The van der Waals surface area contributed by atoms with Crippen LogP contribution < -0.4 is 31.9 Å². The second kappa shape index (κ2) is 63.8. The monoisotopic (exact) mass is 1710 g/mol. The van der Waals surface area contributed by atoms with Gasteiger partial charge in [-0.3, -0.25) is 57.0 Å². The quantitative estimate of drug-likeness (QED) is 0.0301. The largest absolute Gasteiger partial charge is 0.471 e.